The van der Waals surface area contributed by atoms with Crippen LogP contribution in [0.3, 0.4) is 0 Å². The predicted octanol–water partition coefficient (Wildman–Crippen LogP) is 1.74. The van der Waals surface area contributed by atoms with Gasteiger partial charge in [-0.05, 0) is 30.5 Å². The molecular weight excluding hydrogens is 216 g/mol. The van der Waals surface area contributed by atoms with E-state index in [-0.39, 0.29) is 17.4 Å². The summed E-state index contributed by atoms with van der Waals surface area (Å²) < 4.78 is 10.6. The number of aliphatic hydroxyl groups is 1. The lowest BCUT2D eigenvalue weighted by atomic mass is 9.66. The highest BCUT2D eigenvalue weighted by Gasteiger charge is 2.63. The number of rotatable bonds is 4. The minimum absolute atomic E-state index is 0.0357. The van der Waals surface area contributed by atoms with Gasteiger partial charge in [0.15, 0.2) is 0 Å². The second-order valence-electron chi connectivity index (χ2n) is 5.24. The smallest absolute Gasteiger partial charge is 0.118 e. The van der Waals surface area contributed by atoms with Crippen LogP contribution in [0.2, 0.25) is 0 Å². The van der Waals surface area contributed by atoms with Crippen LogP contribution >= 0.6 is 0 Å². The van der Waals surface area contributed by atoms with E-state index in [1.807, 2.05) is 12.1 Å². The molecule has 0 bridgehead atoms. The summed E-state index contributed by atoms with van der Waals surface area (Å²) in [6.07, 6.45) is 2.22. The van der Waals surface area contributed by atoms with Gasteiger partial charge in [-0.2, -0.15) is 0 Å². The van der Waals surface area contributed by atoms with Gasteiger partial charge in [-0.25, -0.2) is 0 Å². The van der Waals surface area contributed by atoms with Crippen molar-refractivity contribution in [1.29, 1.82) is 0 Å². The van der Waals surface area contributed by atoms with Crippen molar-refractivity contribution in [1.82, 2.24) is 0 Å². The zero-order chi connectivity index (χ0) is 11.9. The lowest BCUT2D eigenvalue weighted by molar-refractivity contribution is -0.110. The van der Waals surface area contributed by atoms with Crippen molar-refractivity contribution in [2.45, 2.75) is 18.3 Å². The van der Waals surface area contributed by atoms with Crippen LogP contribution in [-0.2, 0) is 10.2 Å². The van der Waals surface area contributed by atoms with Gasteiger partial charge in [-0.1, -0.05) is 12.1 Å². The summed E-state index contributed by atoms with van der Waals surface area (Å²) in [5, 5.41) is 9.64. The highest BCUT2D eigenvalue weighted by atomic mass is 16.5. The molecule has 2 fully saturated rings. The molecule has 0 unspecified atom stereocenters. The van der Waals surface area contributed by atoms with E-state index >= 15 is 0 Å². The maximum absolute atomic E-state index is 9.64. The fourth-order valence-corrected chi connectivity index (χ4v) is 2.93. The van der Waals surface area contributed by atoms with E-state index in [1.165, 1.54) is 5.56 Å². The number of methoxy groups -OCH3 is 1. The first kappa shape index (κ1) is 11.1. The second kappa shape index (κ2) is 3.72. The zero-order valence-corrected chi connectivity index (χ0v) is 10.1. The van der Waals surface area contributed by atoms with E-state index < -0.39 is 0 Å². The van der Waals surface area contributed by atoms with E-state index in [1.54, 1.807) is 7.11 Å². The summed E-state index contributed by atoms with van der Waals surface area (Å²) in [6, 6.07) is 8.19. The molecule has 0 aromatic heterocycles. The van der Waals surface area contributed by atoms with Crippen LogP contribution in [0.25, 0.3) is 0 Å². The first-order valence-corrected chi connectivity index (χ1v) is 6.10. The van der Waals surface area contributed by atoms with E-state index in [9.17, 15) is 5.11 Å². The Kier molecular flexibility index (Phi) is 2.42. The highest BCUT2D eigenvalue weighted by Crippen LogP contribution is 2.62. The number of hydrogen-bond acceptors (Lipinski definition) is 3. The number of benzene rings is 1. The lowest BCUT2D eigenvalue weighted by Crippen LogP contribution is -2.54. The van der Waals surface area contributed by atoms with Gasteiger partial charge >= 0.3 is 0 Å². The van der Waals surface area contributed by atoms with Crippen molar-refractivity contribution in [2.24, 2.45) is 5.41 Å². The van der Waals surface area contributed by atoms with Crippen molar-refractivity contribution in [3.8, 4) is 5.75 Å². The minimum Gasteiger partial charge on any atom is -0.497 e. The van der Waals surface area contributed by atoms with Crippen molar-refractivity contribution in [3.05, 3.63) is 29.8 Å². The molecule has 0 spiro atoms. The molecule has 3 heteroatoms. The average molecular weight is 234 g/mol. The summed E-state index contributed by atoms with van der Waals surface area (Å²) in [6.45, 7) is 1.74. The lowest BCUT2D eigenvalue weighted by Gasteiger charge is -2.48. The predicted molar refractivity (Wildman–Crippen MR) is 64.2 cm³/mol. The quantitative estimate of drug-likeness (QED) is 0.862. The Morgan fingerprint density at radius 1 is 1.24 bits per heavy atom. The van der Waals surface area contributed by atoms with Crippen LogP contribution in [0.4, 0.5) is 0 Å². The molecule has 0 radical (unpaired) electrons. The minimum atomic E-state index is 0.0357. The Morgan fingerprint density at radius 2 is 1.88 bits per heavy atom. The SMILES string of the molecule is COc1ccc(C2(C3(CO)CC3)COC2)cc1. The topological polar surface area (TPSA) is 38.7 Å². The van der Waals surface area contributed by atoms with Crippen molar-refractivity contribution in [2.75, 3.05) is 26.9 Å². The molecule has 1 aromatic carbocycles. The Balaban J connectivity index is 1.94. The third kappa shape index (κ3) is 1.42. The molecule has 0 atom stereocenters. The molecule has 1 heterocycles. The number of ether oxygens (including phenoxy) is 2. The molecule has 1 aromatic rings. The van der Waals surface area contributed by atoms with E-state index in [2.05, 4.69) is 12.1 Å². The maximum Gasteiger partial charge on any atom is 0.118 e. The molecule has 1 aliphatic heterocycles. The zero-order valence-electron chi connectivity index (χ0n) is 10.1. The molecule has 92 valence electrons. The van der Waals surface area contributed by atoms with Crippen molar-refractivity contribution >= 4 is 0 Å². The first-order chi connectivity index (χ1) is 8.26. The maximum atomic E-state index is 9.64. The fourth-order valence-electron chi connectivity index (χ4n) is 2.93. The average Bonchev–Trinajstić information content (AvgIpc) is 3.10. The van der Waals surface area contributed by atoms with Crippen LogP contribution in [0.5, 0.6) is 5.75 Å². The summed E-state index contributed by atoms with van der Waals surface area (Å²) in [5.74, 6) is 0.873. The van der Waals surface area contributed by atoms with Gasteiger partial charge in [0.2, 0.25) is 0 Å². The van der Waals surface area contributed by atoms with E-state index in [0.717, 1.165) is 31.8 Å². The van der Waals surface area contributed by atoms with Gasteiger partial charge < -0.3 is 14.6 Å². The van der Waals surface area contributed by atoms with Gasteiger partial charge in [-0.3, -0.25) is 0 Å². The second-order valence-corrected chi connectivity index (χ2v) is 5.24. The van der Waals surface area contributed by atoms with Crippen LogP contribution in [0.1, 0.15) is 18.4 Å². The van der Waals surface area contributed by atoms with E-state index in [0.29, 0.717) is 0 Å². The standard InChI is InChI=1S/C14H18O3/c1-16-12-4-2-11(3-5-12)14(9-17-10-14)13(8-15)6-7-13/h2-5,15H,6-10H2,1H3. The molecule has 1 saturated carbocycles. The monoisotopic (exact) mass is 234 g/mol. The van der Waals surface area contributed by atoms with Gasteiger partial charge in [0, 0.05) is 17.4 Å². The Morgan fingerprint density at radius 3 is 2.24 bits per heavy atom. The highest BCUT2D eigenvalue weighted by molar-refractivity contribution is 5.38. The van der Waals surface area contributed by atoms with Gasteiger partial charge in [0.05, 0.1) is 20.3 Å². The van der Waals surface area contributed by atoms with Crippen LogP contribution in [0, 0.1) is 5.41 Å². The molecule has 3 nitrogen and oxygen atoms in total. The van der Waals surface area contributed by atoms with Crippen LogP contribution in [-0.4, -0.2) is 32.0 Å². The normalized spacial score (nSPS) is 23.9. The summed E-state index contributed by atoms with van der Waals surface area (Å²) in [4.78, 5) is 0. The molecular formula is C14H18O3. The molecule has 1 saturated heterocycles. The number of aliphatic hydroxyl groups excluding tert-OH is 1. The van der Waals surface area contributed by atoms with Gasteiger partial charge in [-0.15, -0.1) is 0 Å². The molecule has 2 aliphatic rings. The Labute approximate surface area is 101 Å². The summed E-state index contributed by atoms with van der Waals surface area (Å²) in [5.41, 5.74) is 1.38. The molecule has 1 aliphatic carbocycles. The van der Waals surface area contributed by atoms with Crippen LogP contribution < -0.4 is 4.74 Å². The molecule has 17 heavy (non-hydrogen) atoms. The number of hydrogen-bond donors (Lipinski definition) is 1. The Bertz CT molecular complexity index is 402. The molecule has 0 amide bonds. The van der Waals surface area contributed by atoms with Crippen LogP contribution in [0.15, 0.2) is 24.3 Å². The molecule has 3 rings (SSSR count). The molecule has 1 N–H and O–H groups in total. The van der Waals surface area contributed by atoms with E-state index in [4.69, 9.17) is 9.47 Å². The van der Waals surface area contributed by atoms with Gasteiger partial charge in [0.25, 0.3) is 0 Å². The summed E-state index contributed by atoms with van der Waals surface area (Å²) in [7, 11) is 1.67. The summed E-state index contributed by atoms with van der Waals surface area (Å²) >= 11 is 0. The van der Waals surface area contributed by atoms with Gasteiger partial charge in [0.1, 0.15) is 5.75 Å². The van der Waals surface area contributed by atoms with Crippen molar-refractivity contribution in [3.63, 3.8) is 0 Å². The van der Waals surface area contributed by atoms with Crippen molar-refractivity contribution < 1.29 is 14.6 Å². The third-order valence-corrected chi connectivity index (χ3v) is 4.51. The first-order valence-electron chi connectivity index (χ1n) is 6.10. The third-order valence-electron chi connectivity index (χ3n) is 4.51. The Hall–Kier alpha value is -1.06. The largest absolute Gasteiger partial charge is 0.497 e. The fraction of sp³-hybridized carbons (Fsp3) is 0.571.